The van der Waals surface area contributed by atoms with Crippen LogP contribution in [-0.2, 0) is 5.41 Å². The summed E-state index contributed by atoms with van der Waals surface area (Å²) in [6.07, 6.45) is 0.889. The van der Waals surface area contributed by atoms with Gasteiger partial charge in [-0.25, -0.2) is 9.97 Å². The molecule has 3 aliphatic rings. The molecule has 0 radical (unpaired) electrons. The molecule has 8 aromatic rings. The van der Waals surface area contributed by atoms with E-state index in [9.17, 15) is 0 Å². The molecule has 0 amide bonds. The van der Waals surface area contributed by atoms with Crippen LogP contribution in [0.2, 0.25) is 0 Å². The van der Waals surface area contributed by atoms with Gasteiger partial charge in [-0.15, -0.1) is 0 Å². The number of fused-ring (bicyclic) bond motifs is 12. The molecule has 0 fully saturated rings. The predicted octanol–water partition coefficient (Wildman–Crippen LogP) is 12.3. The van der Waals surface area contributed by atoms with Crippen molar-refractivity contribution in [2.24, 2.45) is 0 Å². The van der Waals surface area contributed by atoms with Crippen LogP contribution in [0.5, 0.6) is 5.75 Å². The number of hydrogen-bond acceptors (Lipinski definition) is 3. The molecule has 53 heavy (non-hydrogen) atoms. The highest BCUT2D eigenvalue weighted by molar-refractivity contribution is 6.01. The molecule has 0 saturated heterocycles. The van der Waals surface area contributed by atoms with Crippen molar-refractivity contribution in [1.29, 1.82) is 0 Å². The molecule has 2 heterocycles. The Labute approximate surface area is 308 Å². The summed E-state index contributed by atoms with van der Waals surface area (Å²) in [6.45, 7) is 2.36. The Hall–Kier alpha value is -6.58. The highest BCUT2D eigenvalue weighted by atomic mass is 16.5. The van der Waals surface area contributed by atoms with Crippen LogP contribution in [0.3, 0.4) is 0 Å². The highest BCUT2D eigenvalue weighted by Gasteiger charge is 2.54. The van der Waals surface area contributed by atoms with Crippen molar-refractivity contribution in [3.63, 3.8) is 0 Å². The topological polar surface area (TPSA) is 35.0 Å². The molecule has 0 saturated carbocycles. The minimum Gasteiger partial charge on any atom is -0.456 e. The summed E-state index contributed by atoms with van der Waals surface area (Å²) in [7, 11) is 0. The van der Waals surface area contributed by atoms with Gasteiger partial charge in [0.2, 0.25) is 0 Å². The Balaban J connectivity index is 1.25. The van der Waals surface area contributed by atoms with Crippen molar-refractivity contribution in [3.8, 4) is 50.8 Å². The maximum absolute atomic E-state index is 7.24. The fourth-order valence-corrected chi connectivity index (χ4v) is 9.37. The van der Waals surface area contributed by atoms with Crippen LogP contribution in [0, 0.1) is 0 Å². The first-order chi connectivity index (χ1) is 26.2. The van der Waals surface area contributed by atoms with E-state index in [0.717, 1.165) is 51.4 Å². The molecular formula is C50H34N2O. The van der Waals surface area contributed by atoms with Gasteiger partial charge >= 0.3 is 0 Å². The maximum atomic E-state index is 7.24. The van der Waals surface area contributed by atoms with Crippen LogP contribution in [-0.4, -0.2) is 9.97 Å². The summed E-state index contributed by atoms with van der Waals surface area (Å²) in [5, 5.41) is 2.30. The quantitative estimate of drug-likeness (QED) is 0.187. The number of allylic oxidation sites excluding steroid dienone is 1. The Morgan fingerprint density at radius 2 is 1.21 bits per heavy atom. The number of benzene rings is 7. The van der Waals surface area contributed by atoms with E-state index < -0.39 is 5.41 Å². The number of hydrogen-bond donors (Lipinski definition) is 0. The van der Waals surface area contributed by atoms with Gasteiger partial charge in [-0.05, 0) is 57.2 Å². The highest BCUT2D eigenvalue weighted by Crippen LogP contribution is 2.65. The first-order valence-corrected chi connectivity index (χ1v) is 18.5. The number of aromatic nitrogens is 2. The van der Waals surface area contributed by atoms with Crippen LogP contribution in [0.15, 0.2) is 175 Å². The van der Waals surface area contributed by atoms with E-state index in [0.29, 0.717) is 11.7 Å². The molecule has 2 aliphatic carbocycles. The molecule has 1 spiro atoms. The van der Waals surface area contributed by atoms with Gasteiger partial charge in [0.1, 0.15) is 11.5 Å². The Kier molecular flexibility index (Phi) is 6.51. The Morgan fingerprint density at radius 3 is 2.06 bits per heavy atom. The molecule has 2 unspecified atom stereocenters. The van der Waals surface area contributed by atoms with Crippen LogP contribution < -0.4 is 4.74 Å². The van der Waals surface area contributed by atoms with Crippen LogP contribution in [0.25, 0.3) is 61.6 Å². The number of nitrogens with zero attached hydrogens (tertiary/aromatic N) is 2. The standard InChI is InChI=1S/C50H34N2O/c1-31-29-43-48(37-22-11-10-20-35(31)37)53-47-36-21-9-8-15-32(36)27-28-42(47)50(43)40-25-13-12-23-38(40)46-39(24-14-26-41(46)50)45-30-44(33-16-4-2-5-17-33)51-49(52-45)34-18-6-3-7-19-34/h2-28,30-31H,29H2,1H3. The summed E-state index contributed by atoms with van der Waals surface area (Å²) < 4.78 is 7.24. The largest absolute Gasteiger partial charge is 0.456 e. The molecule has 3 nitrogen and oxygen atoms in total. The van der Waals surface area contributed by atoms with Gasteiger partial charge in [0.15, 0.2) is 5.82 Å². The van der Waals surface area contributed by atoms with Crippen molar-refractivity contribution in [2.45, 2.75) is 24.7 Å². The summed E-state index contributed by atoms with van der Waals surface area (Å²) >= 11 is 0. The van der Waals surface area contributed by atoms with E-state index in [2.05, 4.69) is 165 Å². The minimum absolute atomic E-state index is 0.329. The molecule has 1 aliphatic heterocycles. The molecule has 250 valence electrons. The molecule has 0 bridgehead atoms. The summed E-state index contributed by atoms with van der Waals surface area (Å²) in [5.41, 5.74) is 14.5. The van der Waals surface area contributed by atoms with Gasteiger partial charge in [0.25, 0.3) is 0 Å². The molecule has 1 aromatic heterocycles. The first-order valence-electron chi connectivity index (χ1n) is 18.5. The van der Waals surface area contributed by atoms with E-state index in [4.69, 9.17) is 14.7 Å². The molecule has 11 rings (SSSR count). The van der Waals surface area contributed by atoms with Crippen molar-refractivity contribution in [2.75, 3.05) is 0 Å². The third kappa shape index (κ3) is 4.28. The normalized spacial score (nSPS) is 17.8. The fourth-order valence-electron chi connectivity index (χ4n) is 9.37. The molecular weight excluding hydrogens is 645 g/mol. The fraction of sp³-hybridized carbons (Fsp3) is 0.0800. The lowest BCUT2D eigenvalue weighted by molar-refractivity contribution is 0.449. The monoisotopic (exact) mass is 678 g/mol. The van der Waals surface area contributed by atoms with E-state index in [1.165, 1.54) is 49.9 Å². The second kappa shape index (κ2) is 11.5. The lowest BCUT2D eigenvalue weighted by Crippen LogP contribution is -2.36. The maximum Gasteiger partial charge on any atom is 0.160 e. The van der Waals surface area contributed by atoms with Crippen molar-refractivity contribution in [3.05, 3.63) is 203 Å². The average Bonchev–Trinajstić information content (AvgIpc) is 3.52. The van der Waals surface area contributed by atoms with E-state index in [1.54, 1.807) is 0 Å². The second-order valence-corrected chi connectivity index (χ2v) is 14.5. The van der Waals surface area contributed by atoms with Gasteiger partial charge in [-0.2, -0.15) is 0 Å². The third-order valence-corrected chi connectivity index (χ3v) is 11.6. The zero-order valence-electron chi connectivity index (χ0n) is 29.3. The summed E-state index contributed by atoms with van der Waals surface area (Å²) in [6, 6.07) is 60.8. The van der Waals surface area contributed by atoms with Crippen molar-refractivity contribution >= 4 is 16.5 Å². The number of ether oxygens (including phenoxy) is 1. The SMILES string of the molecule is CC1CC2=C(Oc3c(ccc4ccccc34)C23c2ccccc2-c2c(-c4cc(-c5ccccc5)nc(-c5ccccc5)n4)cccc23)c2ccccc21. The zero-order chi connectivity index (χ0) is 35.1. The van der Waals surface area contributed by atoms with Crippen molar-refractivity contribution < 1.29 is 4.74 Å². The zero-order valence-corrected chi connectivity index (χ0v) is 29.3. The lowest BCUT2D eigenvalue weighted by Gasteiger charge is -2.44. The van der Waals surface area contributed by atoms with E-state index >= 15 is 0 Å². The number of rotatable bonds is 3. The summed E-state index contributed by atoms with van der Waals surface area (Å²) in [4.78, 5) is 10.5. The van der Waals surface area contributed by atoms with E-state index in [-0.39, 0.29) is 0 Å². The van der Waals surface area contributed by atoms with Gasteiger partial charge < -0.3 is 4.74 Å². The predicted molar refractivity (Wildman–Crippen MR) is 215 cm³/mol. The Bertz CT molecular complexity index is 2740. The lowest BCUT2D eigenvalue weighted by atomic mass is 9.61. The van der Waals surface area contributed by atoms with Crippen LogP contribution >= 0.6 is 0 Å². The van der Waals surface area contributed by atoms with Gasteiger partial charge in [0.05, 0.1) is 16.8 Å². The third-order valence-electron chi connectivity index (χ3n) is 11.6. The van der Waals surface area contributed by atoms with Gasteiger partial charge in [-0.1, -0.05) is 171 Å². The van der Waals surface area contributed by atoms with Gasteiger partial charge in [0, 0.05) is 33.2 Å². The molecule has 3 heteroatoms. The molecule has 2 atom stereocenters. The molecule has 7 aromatic carbocycles. The second-order valence-electron chi connectivity index (χ2n) is 14.5. The summed E-state index contributed by atoms with van der Waals surface area (Å²) in [5.74, 6) is 2.98. The van der Waals surface area contributed by atoms with Crippen LogP contribution in [0.4, 0.5) is 0 Å². The average molecular weight is 679 g/mol. The minimum atomic E-state index is -0.561. The van der Waals surface area contributed by atoms with Crippen LogP contribution in [0.1, 0.15) is 47.1 Å². The first kappa shape index (κ1) is 30.1. The van der Waals surface area contributed by atoms with E-state index in [1.807, 2.05) is 12.1 Å². The smallest absolute Gasteiger partial charge is 0.160 e. The molecule has 0 N–H and O–H groups in total. The van der Waals surface area contributed by atoms with Crippen molar-refractivity contribution in [1.82, 2.24) is 9.97 Å². The Morgan fingerprint density at radius 1 is 0.547 bits per heavy atom. The van der Waals surface area contributed by atoms with Gasteiger partial charge in [-0.3, -0.25) is 0 Å².